The number of carbonyl (C=O) groups is 1. The van der Waals surface area contributed by atoms with Crippen LogP contribution in [0.3, 0.4) is 0 Å². The highest BCUT2D eigenvalue weighted by Gasteiger charge is 2.24. The molecule has 1 aromatic carbocycles. The normalized spacial score (nSPS) is 16.4. The highest BCUT2D eigenvalue weighted by molar-refractivity contribution is 5.96. The van der Waals surface area contributed by atoms with Crippen molar-refractivity contribution in [1.29, 1.82) is 0 Å². The number of hydrogen-bond acceptors (Lipinski definition) is 1. The summed E-state index contributed by atoms with van der Waals surface area (Å²) in [5.74, 6) is 0.177. The molecule has 1 heterocycles. The maximum atomic E-state index is 11.8. The number of nitrogens with zero attached hydrogens (tertiary/aromatic N) is 1. The summed E-state index contributed by atoms with van der Waals surface area (Å²) in [7, 11) is 0. The molecule has 2 rings (SSSR count). The van der Waals surface area contributed by atoms with Crippen LogP contribution in [-0.4, -0.2) is 17.4 Å². The number of carbonyl (C=O) groups excluding carboxylic acids is 1. The molecule has 0 spiro atoms. The van der Waals surface area contributed by atoms with E-state index in [1.165, 1.54) is 11.1 Å². The summed E-state index contributed by atoms with van der Waals surface area (Å²) >= 11 is 0. The molecule has 1 aromatic rings. The Morgan fingerprint density at radius 1 is 1.20 bits per heavy atom. The standard InChI is InChI=1S/C13H15NO/c1-10-8-14(13(15)11(10)2)9-12-6-4-3-5-7-12/h3-7H,8-9H2,1-2H3. The molecule has 0 aliphatic carbocycles. The summed E-state index contributed by atoms with van der Waals surface area (Å²) in [6.45, 7) is 5.43. The van der Waals surface area contributed by atoms with Gasteiger partial charge in [-0.05, 0) is 25.0 Å². The quantitative estimate of drug-likeness (QED) is 0.719. The van der Waals surface area contributed by atoms with Crippen molar-refractivity contribution in [3.05, 3.63) is 47.0 Å². The lowest BCUT2D eigenvalue weighted by Gasteiger charge is -2.16. The van der Waals surface area contributed by atoms with Gasteiger partial charge in [-0.3, -0.25) is 4.79 Å². The van der Waals surface area contributed by atoms with E-state index in [0.29, 0.717) is 6.54 Å². The molecule has 1 amide bonds. The predicted molar refractivity (Wildman–Crippen MR) is 60.2 cm³/mol. The Morgan fingerprint density at radius 3 is 2.40 bits per heavy atom. The van der Waals surface area contributed by atoms with Crippen LogP contribution in [0.25, 0.3) is 0 Å². The van der Waals surface area contributed by atoms with E-state index < -0.39 is 0 Å². The molecule has 0 atom stereocenters. The lowest BCUT2D eigenvalue weighted by Crippen LogP contribution is -2.26. The fourth-order valence-corrected chi connectivity index (χ4v) is 1.83. The number of rotatable bonds is 2. The molecule has 0 bridgehead atoms. The first-order valence-electron chi connectivity index (χ1n) is 5.18. The van der Waals surface area contributed by atoms with E-state index in [9.17, 15) is 4.79 Å². The molecule has 2 heteroatoms. The van der Waals surface area contributed by atoms with E-state index in [2.05, 4.69) is 12.1 Å². The van der Waals surface area contributed by atoms with Crippen LogP contribution in [0.2, 0.25) is 0 Å². The summed E-state index contributed by atoms with van der Waals surface area (Å²) in [6.07, 6.45) is 0. The maximum Gasteiger partial charge on any atom is 0.250 e. The molecule has 0 saturated heterocycles. The van der Waals surface area contributed by atoms with Crippen LogP contribution in [0.15, 0.2) is 41.5 Å². The average molecular weight is 201 g/mol. The lowest BCUT2D eigenvalue weighted by molar-refractivity contribution is -0.125. The van der Waals surface area contributed by atoms with Crippen LogP contribution >= 0.6 is 0 Å². The molecule has 0 fully saturated rings. The molecule has 0 aromatic heterocycles. The monoisotopic (exact) mass is 201 g/mol. The Morgan fingerprint density at radius 2 is 1.87 bits per heavy atom. The minimum absolute atomic E-state index is 0.177. The van der Waals surface area contributed by atoms with Crippen molar-refractivity contribution in [2.24, 2.45) is 0 Å². The van der Waals surface area contributed by atoms with Crippen LogP contribution in [-0.2, 0) is 11.3 Å². The molecule has 1 aliphatic rings. The largest absolute Gasteiger partial charge is 0.331 e. The smallest absolute Gasteiger partial charge is 0.250 e. The van der Waals surface area contributed by atoms with Gasteiger partial charge in [-0.15, -0.1) is 0 Å². The van der Waals surface area contributed by atoms with Crippen molar-refractivity contribution in [3.63, 3.8) is 0 Å². The second-order valence-corrected chi connectivity index (χ2v) is 4.05. The van der Waals surface area contributed by atoms with E-state index in [-0.39, 0.29) is 5.91 Å². The van der Waals surface area contributed by atoms with Crippen molar-refractivity contribution in [2.75, 3.05) is 6.54 Å². The summed E-state index contributed by atoms with van der Waals surface area (Å²) in [5, 5.41) is 0. The van der Waals surface area contributed by atoms with Gasteiger partial charge in [-0.1, -0.05) is 30.3 Å². The van der Waals surface area contributed by atoms with Crippen molar-refractivity contribution in [1.82, 2.24) is 4.90 Å². The fraction of sp³-hybridized carbons (Fsp3) is 0.308. The molecular weight excluding hydrogens is 186 g/mol. The van der Waals surface area contributed by atoms with E-state index in [4.69, 9.17) is 0 Å². The van der Waals surface area contributed by atoms with Crippen LogP contribution in [0.4, 0.5) is 0 Å². The van der Waals surface area contributed by atoms with Gasteiger partial charge >= 0.3 is 0 Å². The zero-order valence-electron chi connectivity index (χ0n) is 9.16. The van der Waals surface area contributed by atoms with Gasteiger partial charge in [0.05, 0.1) is 0 Å². The van der Waals surface area contributed by atoms with Crippen molar-refractivity contribution < 1.29 is 4.79 Å². The third kappa shape index (κ3) is 1.94. The number of amides is 1. The summed E-state index contributed by atoms with van der Waals surface area (Å²) < 4.78 is 0. The second-order valence-electron chi connectivity index (χ2n) is 4.05. The Balaban J connectivity index is 2.08. The maximum absolute atomic E-state index is 11.8. The molecule has 0 N–H and O–H groups in total. The molecule has 2 nitrogen and oxygen atoms in total. The Labute approximate surface area is 90.2 Å². The summed E-state index contributed by atoms with van der Waals surface area (Å²) in [6, 6.07) is 10.1. The first-order valence-corrected chi connectivity index (χ1v) is 5.18. The van der Waals surface area contributed by atoms with Crippen LogP contribution in [0.1, 0.15) is 19.4 Å². The molecule has 0 unspecified atom stereocenters. The highest BCUT2D eigenvalue weighted by atomic mass is 16.2. The molecule has 1 aliphatic heterocycles. The van der Waals surface area contributed by atoms with Crippen molar-refractivity contribution in [3.8, 4) is 0 Å². The third-order valence-electron chi connectivity index (χ3n) is 2.89. The Kier molecular flexibility index (Phi) is 2.58. The number of hydrogen-bond donors (Lipinski definition) is 0. The van der Waals surface area contributed by atoms with Crippen molar-refractivity contribution in [2.45, 2.75) is 20.4 Å². The minimum Gasteiger partial charge on any atom is -0.331 e. The zero-order valence-corrected chi connectivity index (χ0v) is 9.16. The highest BCUT2D eigenvalue weighted by Crippen LogP contribution is 2.19. The van der Waals surface area contributed by atoms with Gasteiger partial charge in [0.2, 0.25) is 5.91 Å². The molecule has 0 radical (unpaired) electrons. The van der Waals surface area contributed by atoms with E-state index in [1.807, 2.05) is 36.9 Å². The molecule has 15 heavy (non-hydrogen) atoms. The van der Waals surface area contributed by atoms with Crippen LogP contribution < -0.4 is 0 Å². The van der Waals surface area contributed by atoms with Gasteiger partial charge in [0, 0.05) is 18.7 Å². The molecule has 0 saturated carbocycles. The first kappa shape index (κ1) is 9.97. The topological polar surface area (TPSA) is 20.3 Å². The molecular formula is C13H15NO. The third-order valence-corrected chi connectivity index (χ3v) is 2.89. The van der Waals surface area contributed by atoms with E-state index in [0.717, 1.165) is 12.1 Å². The SMILES string of the molecule is CC1=C(C)C(=O)N(Cc2ccccc2)C1. The Hall–Kier alpha value is -1.57. The van der Waals surface area contributed by atoms with Crippen LogP contribution in [0.5, 0.6) is 0 Å². The lowest BCUT2D eigenvalue weighted by atomic mass is 10.2. The van der Waals surface area contributed by atoms with E-state index in [1.54, 1.807) is 0 Å². The van der Waals surface area contributed by atoms with Gasteiger partial charge in [0.1, 0.15) is 0 Å². The second kappa shape index (κ2) is 3.89. The van der Waals surface area contributed by atoms with Gasteiger partial charge in [0.15, 0.2) is 0 Å². The van der Waals surface area contributed by atoms with E-state index >= 15 is 0 Å². The van der Waals surface area contributed by atoms with Crippen molar-refractivity contribution >= 4 is 5.91 Å². The summed E-state index contributed by atoms with van der Waals surface area (Å²) in [4.78, 5) is 13.7. The average Bonchev–Trinajstić information content (AvgIpc) is 2.48. The zero-order chi connectivity index (χ0) is 10.8. The van der Waals surface area contributed by atoms with Gasteiger partial charge < -0.3 is 4.90 Å². The Bertz CT molecular complexity index is 406. The predicted octanol–water partition coefficient (Wildman–Crippen LogP) is 2.37. The van der Waals surface area contributed by atoms with Gasteiger partial charge in [0.25, 0.3) is 0 Å². The number of benzene rings is 1. The van der Waals surface area contributed by atoms with Gasteiger partial charge in [-0.2, -0.15) is 0 Å². The summed E-state index contributed by atoms with van der Waals surface area (Å²) in [5.41, 5.74) is 3.29. The minimum atomic E-state index is 0.177. The fourth-order valence-electron chi connectivity index (χ4n) is 1.83. The van der Waals surface area contributed by atoms with Gasteiger partial charge in [-0.25, -0.2) is 0 Å². The first-order chi connectivity index (χ1) is 7.18. The molecule has 78 valence electrons. The van der Waals surface area contributed by atoms with Crippen LogP contribution in [0, 0.1) is 0 Å².